The monoisotopic (exact) mass is 168 g/mol. The highest BCUT2D eigenvalue weighted by atomic mass is 16.3. The molecule has 0 radical (unpaired) electrons. The molecule has 0 saturated heterocycles. The summed E-state index contributed by atoms with van der Waals surface area (Å²) in [6.07, 6.45) is 6.89. The molecule has 0 saturated carbocycles. The Morgan fingerprint density at radius 1 is 1.42 bits per heavy atom. The van der Waals surface area contributed by atoms with Crippen molar-refractivity contribution in [3.63, 3.8) is 0 Å². The van der Waals surface area contributed by atoms with E-state index in [1.54, 1.807) is 0 Å². The lowest BCUT2D eigenvalue weighted by molar-refractivity contribution is 0.333. The summed E-state index contributed by atoms with van der Waals surface area (Å²) in [6.45, 7) is 8.05. The van der Waals surface area contributed by atoms with Crippen molar-refractivity contribution in [1.29, 1.82) is 0 Å². The SMILES string of the molecule is C=C(C)/C(=C/CCCCC)CO. The first kappa shape index (κ1) is 11.4. The number of hydrogen-bond donors (Lipinski definition) is 1. The molecular weight excluding hydrogens is 148 g/mol. The molecule has 0 aromatic heterocycles. The Hall–Kier alpha value is -0.560. The summed E-state index contributed by atoms with van der Waals surface area (Å²) in [6, 6.07) is 0. The zero-order valence-corrected chi connectivity index (χ0v) is 8.27. The van der Waals surface area contributed by atoms with Gasteiger partial charge in [-0.1, -0.05) is 38.0 Å². The van der Waals surface area contributed by atoms with Crippen molar-refractivity contribution < 1.29 is 5.11 Å². The second kappa shape index (κ2) is 7.11. The molecule has 1 nitrogen and oxygen atoms in total. The minimum atomic E-state index is 0.126. The highest BCUT2D eigenvalue weighted by Gasteiger charge is 1.94. The summed E-state index contributed by atoms with van der Waals surface area (Å²) in [5, 5.41) is 8.92. The quantitative estimate of drug-likeness (QED) is 0.477. The predicted molar refractivity (Wildman–Crippen MR) is 54.1 cm³/mol. The molecule has 0 fully saturated rings. The highest BCUT2D eigenvalue weighted by molar-refractivity contribution is 5.26. The van der Waals surface area contributed by atoms with Crippen LogP contribution in [-0.4, -0.2) is 11.7 Å². The molecule has 0 aromatic rings. The molecule has 0 aliphatic rings. The molecule has 1 heteroatoms. The van der Waals surface area contributed by atoms with Gasteiger partial charge in [0.2, 0.25) is 0 Å². The largest absolute Gasteiger partial charge is 0.392 e. The van der Waals surface area contributed by atoms with E-state index >= 15 is 0 Å². The molecule has 0 aliphatic carbocycles. The Kier molecular flexibility index (Phi) is 6.78. The number of unbranched alkanes of at least 4 members (excludes halogenated alkanes) is 3. The van der Waals surface area contributed by atoms with Crippen LogP contribution in [0.2, 0.25) is 0 Å². The summed E-state index contributed by atoms with van der Waals surface area (Å²) in [5.74, 6) is 0. The van der Waals surface area contributed by atoms with E-state index in [-0.39, 0.29) is 6.61 Å². The first-order valence-corrected chi connectivity index (χ1v) is 4.68. The molecule has 0 atom stereocenters. The van der Waals surface area contributed by atoms with E-state index in [1.165, 1.54) is 19.3 Å². The van der Waals surface area contributed by atoms with E-state index in [4.69, 9.17) is 5.11 Å². The maximum absolute atomic E-state index is 8.92. The van der Waals surface area contributed by atoms with Crippen molar-refractivity contribution in [2.24, 2.45) is 0 Å². The first-order valence-electron chi connectivity index (χ1n) is 4.68. The van der Waals surface area contributed by atoms with Crippen LogP contribution in [0.1, 0.15) is 39.5 Å². The van der Waals surface area contributed by atoms with Gasteiger partial charge in [0.1, 0.15) is 0 Å². The molecular formula is C11H20O. The van der Waals surface area contributed by atoms with Crippen LogP contribution < -0.4 is 0 Å². The highest BCUT2D eigenvalue weighted by Crippen LogP contribution is 2.09. The molecule has 12 heavy (non-hydrogen) atoms. The number of aliphatic hydroxyl groups is 1. The Bertz CT molecular complexity index is 156. The number of hydrogen-bond acceptors (Lipinski definition) is 1. The van der Waals surface area contributed by atoms with Gasteiger partial charge in [-0.05, 0) is 25.3 Å². The first-order chi connectivity index (χ1) is 5.72. The van der Waals surface area contributed by atoms with Crippen molar-refractivity contribution in [1.82, 2.24) is 0 Å². The van der Waals surface area contributed by atoms with Crippen molar-refractivity contribution in [2.75, 3.05) is 6.61 Å². The fourth-order valence-corrected chi connectivity index (χ4v) is 1.04. The smallest absolute Gasteiger partial charge is 0.0681 e. The lowest BCUT2D eigenvalue weighted by atomic mass is 10.1. The third kappa shape index (κ3) is 5.14. The van der Waals surface area contributed by atoms with Crippen LogP contribution in [0.3, 0.4) is 0 Å². The molecule has 0 aliphatic heterocycles. The van der Waals surface area contributed by atoms with E-state index in [9.17, 15) is 0 Å². The van der Waals surface area contributed by atoms with Gasteiger partial charge in [0, 0.05) is 0 Å². The molecule has 1 N–H and O–H groups in total. The average Bonchev–Trinajstić information content (AvgIpc) is 2.04. The fourth-order valence-electron chi connectivity index (χ4n) is 1.04. The van der Waals surface area contributed by atoms with Crippen molar-refractivity contribution in [3.8, 4) is 0 Å². The number of aliphatic hydroxyl groups excluding tert-OH is 1. The second-order valence-electron chi connectivity index (χ2n) is 3.16. The van der Waals surface area contributed by atoms with Crippen LogP contribution in [-0.2, 0) is 0 Å². The Balaban J connectivity index is 3.71. The molecule has 0 rings (SSSR count). The van der Waals surface area contributed by atoms with Crippen LogP contribution in [0, 0.1) is 0 Å². The standard InChI is InChI=1S/C11H20O/c1-4-5-6-7-8-11(9-12)10(2)3/h8,12H,2,4-7,9H2,1,3H3/b11-8+. The minimum absolute atomic E-state index is 0.126. The molecule has 0 amide bonds. The third-order valence-electron chi connectivity index (χ3n) is 1.92. The van der Waals surface area contributed by atoms with Crippen LogP contribution >= 0.6 is 0 Å². The topological polar surface area (TPSA) is 20.2 Å². The zero-order valence-electron chi connectivity index (χ0n) is 8.27. The maximum atomic E-state index is 8.92. The summed E-state index contributed by atoms with van der Waals surface area (Å²) in [7, 11) is 0. The molecule has 0 heterocycles. The average molecular weight is 168 g/mol. The van der Waals surface area contributed by atoms with E-state index in [0.717, 1.165) is 17.6 Å². The van der Waals surface area contributed by atoms with Crippen molar-refractivity contribution in [3.05, 3.63) is 23.8 Å². The fraction of sp³-hybridized carbons (Fsp3) is 0.636. The number of rotatable bonds is 6. The number of allylic oxidation sites excluding steroid dienone is 1. The lowest BCUT2D eigenvalue weighted by Crippen LogP contribution is -1.90. The minimum Gasteiger partial charge on any atom is -0.392 e. The summed E-state index contributed by atoms with van der Waals surface area (Å²) in [4.78, 5) is 0. The van der Waals surface area contributed by atoms with Gasteiger partial charge in [0.15, 0.2) is 0 Å². The summed E-state index contributed by atoms with van der Waals surface area (Å²) >= 11 is 0. The summed E-state index contributed by atoms with van der Waals surface area (Å²) < 4.78 is 0. The molecule has 0 aromatic carbocycles. The van der Waals surface area contributed by atoms with Gasteiger partial charge < -0.3 is 5.11 Å². The van der Waals surface area contributed by atoms with Gasteiger partial charge in [0.25, 0.3) is 0 Å². The van der Waals surface area contributed by atoms with Gasteiger partial charge >= 0.3 is 0 Å². The Morgan fingerprint density at radius 3 is 2.50 bits per heavy atom. The van der Waals surface area contributed by atoms with Gasteiger partial charge in [-0.15, -0.1) is 0 Å². The molecule has 0 unspecified atom stereocenters. The van der Waals surface area contributed by atoms with Gasteiger partial charge in [0.05, 0.1) is 6.61 Å². The van der Waals surface area contributed by atoms with E-state index in [2.05, 4.69) is 19.6 Å². The second-order valence-corrected chi connectivity index (χ2v) is 3.16. The molecule has 0 spiro atoms. The van der Waals surface area contributed by atoms with E-state index < -0.39 is 0 Å². The Morgan fingerprint density at radius 2 is 2.08 bits per heavy atom. The van der Waals surface area contributed by atoms with Gasteiger partial charge in [-0.3, -0.25) is 0 Å². The van der Waals surface area contributed by atoms with Crippen molar-refractivity contribution >= 4 is 0 Å². The van der Waals surface area contributed by atoms with Crippen LogP contribution in [0.25, 0.3) is 0 Å². The van der Waals surface area contributed by atoms with Crippen LogP contribution in [0.4, 0.5) is 0 Å². The van der Waals surface area contributed by atoms with Gasteiger partial charge in [-0.2, -0.15) is 0 Å². The third-order valence-corrected chi connectivity index (χ3v) is 1.92. The van der Waals surface area contributed by atoms with Gasteiger partial charge in [-0.25, -0.2) is 0 Å². The molecule has 0 bridgehead atoms. The van der Waals surface area contributed by atoms with Crippen molar-refractivity contribution in [2.45, 2.75) is 39.5 Å². The van der Waals surface area contributed by atoms with E-state index in [0.29, 0.717) is 0 Å². The van der Waals surface area contributed by atoms with Crippen LogP contribution in [0.15, 0.2) is 23.8 Å². The van der Waals surface area contributed by atoms with E-state index in [1.807, 2.05) is 6.92 Å². The Labute approximate surface area is 75.8 Å². The predicted octanol–water partition coefficient (Wildman–Crippen LogP) is 3.06. The summed E-state index contributed by atoms with van der Waals surface area (Å²) in [5.41, 5.74) is 1.97. The molecule has 70 valence electrons. The zero-order chi connectivity index (χ0) is 9.40. The lowest BCUT2D eigenvalue weighted by Gasteiger charge is -2.01. The normalized spacial score (nSPS) is 11.8. The van der Waals surface area contributed by atoms with Crippen LogP contribution in [0.5, 0.6) is 0 Å². The maximum Gasteiger partial charge on any atom is 0.0681 e.